The molecule has 2 aromatic rings. The Morgan fingerprint density at radius 2 is 2.28 bits per heavy atom. The van der Waals surface area contributed by atoms with Crippen molar-refractivity contribution < 1.29 is 17.2 Å². The quantitative estimate of drug-likeness (QED) is 0.907. The summed E-state index contributed by atoms with van der Waals surface area (Å²) in [5.41, 5.74) is 5.53. The molecule has 0 aliphatic rings. The first kappa shape index (κ1) is 13.2. The first-order valence-electron chi connectivity index (χ1n) is 4.79. The highest BCUT2D eigenvalue weighted by atomic mass is 32.2. The van der Waals surface area contributed by atoms with Crippen LogP contribution in [0.15, 0.2) is 16.6 Å². The lowest BCUT2D eigenvalue weighted by molar-refractivity contribution is 0.126. The number of thiazole rings is 1. The molecule has 0 saturated carbocycles. The molecule has 2 rings (SSSR count). The van der Waals surface area contributed by atoms with Crippen LogP contribution in [0.1, 0.15) is 0 Å². The average Bonchev–Trinajstić information content (AvgIpc) is 2.74. The van der Waals surface area contributed by atoms with Gasteiger partial charge in [0.05, 0.1) is 6.54 Å². The van der Waals surface area contributed by atoms with Crippen LogP contribution in [0.2, 0.25) is 0 Å². The molecule has 0 fully saturated rings. The molecule has 2 heterocycles. The van der Waals surface area contributed by atoms with Gasteiger partial charge in [0.1, 0.15) is 0 Å². The molecule has 6 nitrogen and oxygen atoms in total. The van der Waals surface area contributed by atoms with Crippen molar-refractivity contribution in [3.63, 3.8) is 0 Å². The Morgan fingerprint density at radius 1 is 1.61 bits per heavy atom. The molecule has 0 unspecified atom stereocenters. The topological polar surface area (TPSA) is 80.7 Å². The Bertz CT molecular complexity index is 664. The van der Waals surface area contributed by atoms with Gasteiger partial charge in [-0.15, -0.1) is 11.3 Å². The minimum atomic E-state index is -4.08. The maximum atomic E-state index is 12.3. The van der Waals surface area contributed by atoms with Crippen molar-refractivity contribution in [3.05, 3.63) is 11.6 Å². The molecule has 18 heavy (non-hydrogen) atoms. The van der Waals surface area contributed by atoms with E-state index in [4.69, 9.17) is 5.73 Å². The number of nitrogens with two attached hydrogens (primary N) is 1. The lowest BCUT2D eigenvalue weighted by Gasteiger charge is -2.16. The normalized spacial score (nSPS) is 12.9. The van der Waals surface area contributed by atoms with Gasteiger partial charge in [0.25, 0.3) is 16.4 Å². The minimum absolute atomic E-state index is 0.192. The highest BCUT2D eigenvalue weighted by Crippen LogP contribution is 2.25. The Balaban J connectivity index is 2.52. The second-order valence-corrected chi connectivity index (χ2v) is 6.37. The molecule has 2 aromatic heterocycles. The molecular weight excluding hydrogens is 286 g/mol. The molecule has 0 aromatic carbocycles. The Kier molecular flexibility index (Phi) is 3.25. The number of sulfonamides is 1. The van der Waals surface area contributed by atoms with Crippen LogP contribution in [0.3, 0.4) is 0 Å². The van der Waals surface area contributed by atoms with Crippen LogP contribution in [0.25, 0.3) is 4.96 Å². The van der Waals surface area contributed by atoms with Crippen LogP contribution in [-0.2, 0) is 10.0 Å². The van der Waals surface area contributed by atoms with Crippen molar-refractivity contribution >= 4 is 32.1 Å². The maximum Gasteiger partial charge on any atom is 0.262 e. The number of hydrogen-bond donors (Lipinski definition) is 1. The zero-order valence-corrected chi connectivity index (χ0v) is 10.9. The second-order valence-electron chi connectivity index (χ2n) is 3.53. The Hall–Kier alpha value is -1.26. The van der Waals surface area contributed by atoms with Crippen molar-refractivity contribution in [1.29, 1.82) is 0 Å². The van der Waals surface area contributed by atoms with E-state index in [0.717, 1.165) is 7.05 Å². The van der Waals surface area contributed by atoms with Crippen molar-refractivity contribution in [2.45, 2.75) is 11.5 Å². The molecular formula is C8H10F2N4O2S2. The summed E-state index contributed by atoms with van der Waals surface area (Å²) in [6, 6.07) is 0. The number of rotatable bonds is 4. The fourth-order valence-electron chi connectivity index (χ4n) is 1.48. The number of hydrogen-bond acceptors (Lipinski definition) is 5. The number of nitrogen functional groups attached to an aromatic ring is 1. The standard InChI is InChI=1S/C8H10F2N4O2S2/c1-13(4-5(9)10)18(15,16)7-6(11)12-8-14(7)2-3-17-8/h2-3,5H,4,11H2,1H3. The lowest BCUT2D eigenvalue weighted by atomic mass is 10.7. The third kappa shape index (κ3) is 2.06. The molecule has 0 amide bonds. The summed E-state index contributed by atoms with van der Waals surface area (Å²) in [5.74, 6) is -0.192. The molecule has 10 heteroatoms. The van der Waals surface area contributed by atoms with E-state index in [-0.39, 0.29) is 10.8 Å². The molecule has 0 radical (unpaired) electrons. The van der Waals surface area contributed by atoms with Crippen molar-refractivity contribution in [3.8, 4) is 0 Å². The van der Waals surface area contributed by atoms with Crippen LogP contribution < -0.4 is 5.73 Å². The molecule has 0 saturated heterocycles. The lowest BCUT2D eigenvalue weighted by Crippen LogP contribution is -2.32. The van der Waals surface area contributed by atoms with Crippen molar-refractivity contribution in [1.82, 2.24) is 13.7 Å². The van der Waals surface area contributed by atoms with E-state index in [1.54, 1.807) is 5.38 Å². The summed E-state index contributed by atoms with van der Waals surface area (Å²) in [7, 11) is -3.01. The van der Waals surface area contributed by atoms with E-state index < -0.39 is 23.0 Å². The van der Waals surface area contributed by atoms with E-state index >= 15 is 0 Å². The van der Waals surface area contributed by atoms with Gasteiger partial charge in [-0.3, -0.25) is 4.40 Å². The van der Waals surface area contributed by atoms with Gasteiger partial charge in [-0.1, -0.05) is 0 Å². The summed E-state index contributed by atoms with van der Waals surface area (Å²) in [4.78, 5) is 4.27. The van der Waals surface area contributed by atoms with Gasteiger partial charge in [0, 0.05) is 18.6 Å². The third-order valence-electron chi connectivity index (χ3n) is 2.29. The first-order valence-corrected chi connectivity index (χ1v) is 7.11. The van der Waals surface area contributed by atoms with E-state index in [9.17, 15) is 17.2 Å². The third-order valence-corrected chi connectivity index (χ3v) is 4.91. The summed E-state index contributed by atoms with van der Waals surface area (Å²) in [6.07, 6.45) is -1.27. The molecule has 0 aliphatic heterocycles. The zero-order valence-electron chi connectivity index (χ0n) is 9.25. The number of aromatic nitrogens is 2. The second kappa shape index (κ2) is 4.44. The number of alkyl halides is 2. The van der Waals surface area contributed by atoms with Gasteiger partial charge >= 0.3 is 0 Å². The monoisotopic (exact) mass is 296 g/mol. The fraction of sp³-hybridized carbons (Fsp3) is 0.375. The summed E-state index contributed by atoms with van der Waals surface area (Å²) < 4.78 is 50.6. The van der Waals surface area contributed by atoms with Gasteiger partial charge in [-0.25, -0.2) is 22.2 Å². The molecule has 0 aliphatic carbocycles. The SMILES string of the molecule is CN(CC(F)F)S(=O)(=O)c1c(N)nc2sccn12. The fourth-order valence-corrected chi connectivity index (χ4v) is 3.57. The molecule has 0 bridgehead atoms. The van der Waals surface area contributed by atoms with Gasteiger partial charge in [-0.2, -0.15) is 4.31 Å². The van der Waals surface area contributed by atoms with Crippen LogP contribution in [0, 0.1) is 0 Å². The van der Waals surface area contributed by atoms with E-state index in [1.807, 2.05) is 0 Å². The molecule has 0 spiro atoms. The predicted octanol–water partition coefficient (Wildman–Crippen LogP) is 0.864. The number of halogens is 2. The van der Waals surface area contributed by atoms with Crippen LogP contribution in [0.4, 0.5) is 14.6 Å². The summed E-state index contributed by atoms with van der Waals surface area (Å²) >= 11 is 1.20. The van der Waals surface area contributed by atoms with Crippen LogP contribution in [-0.4, -0.2) is 42.1 Å². The van der Waals surface area contributed by atoms with E-state index in [1.165, 1.54) is 21.9 Å². The van der Waals surface area contributed by atoms with Gasteiger partial charge in [0.2, 0.25) is 0 Å². The largest absolute Gasteiger partial charge is 0.381 e. The van der Waals surface area contributed by atoms with Gasteiger partial charge in [0.15, 0.2) is 15.8 Å². The van der Waals surface area contributed by atoms with Crippen molar-refractivity contribution in [2.24, 2.45) is 0 Å². The van der Waals surface area contributed by atoms with Gasteiger partial charge < -0.3 is 5.73 Å². The Morgan fingerprint density at radius 3 is 2.89 bits per heavy atom. The number of anilines is 1. The molecule has 2 N–H and O–H groups in total. The number of nitrogens with zero attached hydrogens (tertiary/aromatic N) is 3. The molecule has 100 valence electrons. The minimum Gasteiger partial charge on any atom is -0.381 e. The highest BCUT2D eigenvalue weighted by molar-refractivity contribution is 7.89. The van der Waals surface area contributed by atoms with Crippen LogP contribution >= 0.6 is 11.3 Å². The smallest absolute Gasteiger partial charge is 0.262 e. The van der Waals surface area contributed by atoms with Crippen molar-refractivity contribution in [2.75, 3.05) is 19.3 Å². The average molecular weight is 296 g/mol. The Labute approximate surface area is 106 Å². The van der Waals surface area contributed by atoms with Crippen LogP contribution in [0.5, 0.6) is 0 Å². The van der Waals surface area contributed by atoms with E-state index in [0.29, 0.717) is 9.27 Å². The predicted molar refractivity (Wildman–Crippen MR) is 63.3 cm³/mol. The first-order chi connectivity index (χ1) is 8.34. The summed E-state index contributed by atoms with van der Waals surface area (Å²) in [5, 5.41) is 1.36. The highest BCUT2D eigenvalue weighted by Gasteiger charge is 2.30. The zero-order chi connectivity index (χ0) is 13.5. The van der Waals surface area contributed by atoms with Gasteiger partial charge in [-0.05, 0) is 0 Å². The number of imidazole rings is 1. The number of fused-ring (bicyclic) bond motifs is 1. The summed E-state index contributed by atoms with van der Waals surface area (Å²) in [6.45, 7) is -0.890. The van der Waals surface area contributed by atoms with E-state index in [2.05, 4.69) is 4.98 Å². The maximum absolute atomic E-state index is 12.3. The molecule has 0 atom stereocenters.